The largest absolute Gasteiger partial charge is 0.490 e. The van der Waals surface area contributed by atoms with Crippen molar-refractivity contribution in [3.05, 3.63) is 59.2 Å². The molecule has 0 aliphatic carbocycles. The topological polar surface area (TPSA) is 58.1 Å². The van der Waals surface area contributed by atoms with E-state index in [2.05, 4.69) is 44.8 Å². The maximum Gasteiger partial charge on any atom is 0.387 e. The van der Waals surface area contributed by atoms with Gasteiger partial charge in [0.2, 0.25) is 0 Å². The predicted molar refractivity (Wildman–Crippen MR) is 115 cm³/mol. The Balaban J connectivity index is 1.97. The van der Waals surface area contributed by atoms with Gasteiger partial charge in [0.1, 0.15) is 0 Å². The standard InChI is InChI=1S/C22H30F2N4O2/c1-5-29-19-8-6-7-18(20(19)30-21(23)24)14-27-22(25-2)26-13-16-9-11-17(12-10-16)15-28(3)4/h6-12,21H,5,13-15H2,1-4H3,(H2,25,26,27). The summed E-state index contributed by atoms with van der Waals surface area (Å²) >= 11 is 0. The van der Waals surface area contributed by atoms with Crippen LogP contribution >= 0.6 is 0 Å². The quantitative estimate of drug-likeness (QED) is 0.454. The molecule has 0 radical (unpaired) electrons. The van der Waals surface area contributed by atoms with Gasteiger partial charge in [-0.05, 0) is 38.2 Å². The molecule has 0 amide bonds. The summed E-state index contributed by atoms with van der Waals surface area (Å²) in [6, 6.07) is 13.4. The molecule has 6 nitrogen and oxygen atoms in total. The number of alkyl halides is 2. The molecule has 2 rings (SSSR count). The molecule has 30 heavy (non-hydrogen) atoms. The van der Waals surface area contributed by atoms with E-state index in [1.54, 1.807) is 32.2 Å². The number of halogens is 2. The lowest BCUT2D eigenvalue weighted by Gasteiger charge is -2.17. The van der Waals surface area contributed by atoms with Gasteiger partial charge in [-0.15, -0.1) is 0 Å². The van der Waals surface area contributed by atoms with E-state index in [-0.39, 0.29) is 18.0 Å². The fraction of sp³-hybridized carbons (Fsp3) is 0.409. The van der Waals surface area contributed by atoms with Crippen molar-refractivity contribution in [1.82, 2.24) is 15.5 Å². The van der Waals surface area contributed by atoms with Crippen LogP contribution in [0.5, 0.6) is 11.5 Å². The lowest BCUT2D eigenvalue weighted by Crippen LogP contribution is -2.36. The van der Waals surface area contributed by atoms with E-state index >= 15 is 0 Å². The van der Waals surface area contributed by atoms with Crippen molar-refractivity contribution in [3.8, 4) is 11.5 Å². The van der Waals surface area contributed by atoms with Crippen molar-refractivity contribution >= 4 is 5.96 Å². The van der Waals surface area contributed by atoms with Crippen LogP contribution in [0.1, 0.15) is 23.6 Å². The molecule has 2 aromatic rings. The Hall–Kier alpha value is -2.87. The fourth-order valence-electron chi connectivity index (χ4n) is 2.91. The van der Waals surface area contributed by atoms with Crippen molar-refractivity contribution < 1.29 is 18.3 Å². The number of ether oxygens (including phenoxy) is 2. The van der Waals surface area contributed by atoms with Gasteiger partial charge in [-0.25, -0.2) is 0 Å². The molecule has 0 bridgehead atoms. The minimum atomic E-state index is -2.93. The van der Waals surface area contributed by atoms with Crippen LogP contribution in [-0.2, 0) is 19.6 Å². The minimum absolute atomic E-state index is 0.0359. The lowest BCUT2D eigenvalue weighted by atomic mass is 10.1. The van der Waals surface area contributed by atoms with Gasteiger partial charge in [0.15, 0.2) is 17.5 Å². The molecule has 0 heterocycles. The zero-order valence-electron chi connectivity index (χ0n) is 17.9. The van der Waals surface area contributed by atoms with Gasteiger partial charge in [0.25, 0.3) is 0 Å². The summed E-state index contributed by atoms with van der Waals surface area (Å²) in [5, 5.41) is 6.35. The van der Waals surface area contributed by atoms with Gasteiger partial charge in [-0.2, -0.15) is 8.78 Å². The van der Waals surface area contributed by atoms with Gasteiger partial charge in [0.05, 0.1) is 6.61 Å². The number of rotatable bonds is 10. The Labute approximate surface area is 176 Å². The van der Waals surface area contributed by atoms with E-state index in [0.29, 0.717) is 24.7 Å². The second-order valence-electron chi connectivity index (χ2n) is 6.89. The van der Waals surface area contributed by atoms with Crippen molar-refractivity contribution in [2.45, 2.75) is 33.2 Å². The minimum Gasteiger partial charge on any atom is -0.490 e. The van der Waals surface area contributed by atoms with Crippen LogP contribution in [0.25, 0.3) is 0 Å². The Kier molecular flexibility index (Phi) is 9.34. The first-order valence-electron chi connectivity index (χ1n) is 9.79. The van der Waals surface area contributed by atoms with Crippen LogP contribution in [0.4, 0.5) is 8.78 Å². The first-order chi connectivity index (χ1) is 14.4. The number of benzene rings is 2. The van der Waals surface area contributed by atoms with Gasteiger partial charge >= 0.3 is 6.61 Å². The molecule has 0 aliphatic heterocycles. The smallest absolute Gasteiger partial charge is 0.387 e. The molecule has 0 aliphatic rings. The average molecular weight is 421 g/mol. The third kappa shape index (κ3) is 7.51. The van der Waals surface area contributed by atoms with E-state index in [4.69, 9.17) is 9.47 Å². The van der Waals surface area contributed by atoms with Crippen LogP contribution in [-0.4, -0.2) is 45.2 Å². The number of para-hydroxylation sites is 1. The van der Waals surface area contributed by atoms with Crippen LogP contribution in [0.2, 0.25) is 0 Å². The lowest BCUT2D eigenvalue weighted by molar-refractivity contribution is -0.0520. The highest BCUT2D eigenvalue weighted by atomic mass is 19.3. The first kappa shape index (κ1) is 23.4. The van der Waals surface area contributed by atoms with Crippen molar-refractivity contribution in [3.63, 3.8) is 0 Å². The van der Waals surface area contributed by atoms with E-state index in [0.717, 1.165) is 12.1 Å². The second-order valence-corrected chi connectivity index (χ2v) is 6.89. The van der Waals surface area contributed by atoms with Gasteiger partial charge in [0, 0.05) is 32.2 Å². The second kappa shape index (κ2) is 12.0. The SMILES string of the molecule is CCOc1cccc(CNC(=NC)NCc2ccc(CN(C)C)cc2)c1OC(F)F. The molecule has 2 aromatic carbocycles. The molecular weight excluding hydrogens is 390 g/mol. The number of hydrogen-bond donors (Lipinski definition) is 2. The summed E-state index contributed by atoms with van der Waals surface area (Å²) < 4.78 is 35.8. The van der Waals surface area contributed by atoms with Crippen LogP contribution in [0.15, 0.2) is 47.5 Å². The Morgan fingerprint density at radius 2 is 1.70 bits per heavy atom. The van der Waals surface area contributed by atoms with Crippen LogP contribution < -0.4 is 20.1 Å². The van der Waals surface area contributed by atoms with Crippen LogP contribution in [0.3, 0.4) is 0 Å². The molecule has 0 fully saturated rings. The third-order valence-electron chi connectivity index (χ3n) is 4.22. The monoisotopic (exact) mass is 420 g/mol. The maximum atomic E-state index is 12.9. The molecule has 0 spiro atoms. The van der Waals surface area contributed by atoms with Gasteiger partial charge in [-0.3, -0.25) is 4.99 Å². The highest BCUT2D eigenvalue weighted by Gasteiger charge is 2.16. The predicted octanol–water partition coefficient (Wildman–Crippen LogP) is 3.61. The molecule has 0 aromatic heterocycles. The Morgan fingerprint density at radius 1 is 1.03 bits per heavy atom. The molecule has 164 valence electrons. The van der Waals surface area contributed by atoms with Gasteiger partial charge in [-0.1, -0.05) is 36.4 Å². The van der Waals surface area contributed by atoms with E-state index in [1.807, 2.05) is 14.1 Å². The van der Waals surface area contributed by atoms with E-state index < -0.39 is 6.61 Å². The molecule has 2 N–H and O–H groups in total. The number of nitrogens with one attached hydrogen (secondary N) is 2. The zero-order chi connectivity index (χ0) is 21.9. The molecule has 0 saturated heterocycles. The summed E-state index contributed by atoms with van der Waals surface area (Å²) in [7, 11) is 5.72. The molecular formula is C22H30F2N4O2. The molecule has 0 unspecified atom stereocenters. The maximum absolute atomic E-state index is 12.9. The summed E-state index contributed by atoms with van der Waals surface area (Å²) in [6.45, 7) is 0.938. The molecule has 0 saturated carbocycles. The number of aliphatic imine (C=N–C) groups is 1. The normalized spacial score (nSPS) is 11.7. The van der Waals surface area contributed by atoms with Crippen molar-refractivity contribution in [2.24, 2.45) is 4.99 Å². The van der Waals surface area contributed by atoms with E-state index in [9.17, 15) is 8.78 Å². The van der Waals surface area contributed by atoms with Crippen molar-refractivity contribution in [1.29, 1.82) is 0 Å². The highest BCUT2D eigenvalue weighted by molar-refractivity contribution is 5.79. The Bertz CT molecular complexity index is 811. The summed E-state index contributed by atoms with van der Waals surface area (Å²) in [4.78, 5) is 6.31. The number of guanidine groups is 1. The Morgan fingerprint density at radius 3 is 2.30 bits per heavy atom. The number of hydrogen-bond acceptors (Lipinski definition) is 4. The average Bonchev–Trinajstić information content (AvgIpc) is 2.70. The van der Waals surface area contributed by atoms with E-state index in [1.165, 1.54) is 5.56 Å². The third-order valence-corrected chi connectivity index (χ3v) is 4.22. The van der Waals surface area contributed by atoms with Crippen LogP contribution in [0, 0.1) is 0 Å². The zero-order valence-corrected chi connectivity index (χ0v) is 17.9. The summed E-state index contributed by atoms with van der Waals surface area (Å²) in [5.74, 6) is 0.879. The first-order valence-corrected chi connectivity index (χ1v) is 9.79. The summed E-state index contributed by atoms with van der Waals surface area (Å²) in [6.07, 6.45) is 0. The number of nitrogens with zero attached hydrogens (tertiary/aromatic N) is 2. The molecule has 8 heteroatoms. The summed E-state index contributed by atoms with van der Waals surface area (Å²) in [5.41, 5.74) is 2.91. The highest BCUT2D eigenvalue weighted by Crippen LogP contribution is 2.32. The fourth-order valence-corrected chi connectivity index (χ4v) is 2.91. The van der Waals surface area contributed by atoms with Gasteiger partial charge < -0.3 is 25.0 Å². The molecule has 0 atom stereocenters. The van der Waals surface area contributed by atoms with Crippen molar-refractivity contribution in [2.75, 3.05) is 27.7 Å².